The van der Waals surface area contributed by atoms with Crippen LogP contribution in [0.15, 0.2) is 5.16 Å². The van der Waals surface area contributed by atoms with Gasteiger partial charge in [-0.05, 0) is 18.8 Å². The molecule has 0 aromatic rings. The first-order valence-corrected chi connectivity index (χ1v) is 6.32. The summed E-state index contributed by atoms with van der Waals surface area (Å²) in [6.45, 7) is 3.12. The number of carbonyl (C=O) groups is 1. The average Bonchev–Trinajstić information content (AvgIpc) is 2.86. The minimum atomic E-state index is -0.818. The number of methoxy groups -OCH3 is 1. The van der Waals surface area contributed by atoms with Crippen molar-refractivity contribution in [3.8, 4) is 0 Å². The number of ether oxygens (including phenoxy) is 1. The van der Waals surface area contributed by atoms with Crippen LogP contribution in [-0.4, -0.2) is 37.2 Å². The van der Waals surface area contributed by atoms with E-state index in [1.54, 1.807) is 7.11 Å². The van der Waals surface area contributed by atoms with E-state index < -0.39 is 5.41 Å². The lowest BCUT2D eigenvalue weighted by Crippen LogP contribution is -2.49. The smallest absolute Gasteiger partial charge is 0.233 e. The predicted molar refractivity (Wildman–Crippen MR) is 68.4 cm³/mol. The molecule has 1 aliphatic carbocycles. The molecule has 0 bridgehead atoms. The molecular formula is C12H23N3O3. The summed E-state index contributed by atoms with van der Waals surface area (Å²) >= 11 is 0. The number of rotatable bonds is 6. The molecule has 1 amide bonds. The highest BCUT2D eigenvalue weighted by Crippen LogP contribution is 2.38. The quantitative estimate of drug-likeness (QED) is 0.282. The van der Waals surface area contributed by atoms with E-state index in [2.05, 4.69) is 10.5 Å². The summed E-state index contributed by atoms with van der Waals surface area (Å²) in [6.07, 6.45) is 3.15. The van der Waals surface area contributed by atoms with E-state index in [0.29, 0.717) is 26.0 Å². The Hall–Kier alpha value is -1.30. The number of hydrogen-bond donors (Lipinski definition) is 3. The van der Waals surface area contributed by atoms with Crippen molar-refractivity contribution < 1.29 is 14.7 Å². The van der Waals surface area contributed by atoms with Gasteiger partial charge in [0.25, 0.3) is 0 Å². The van der Waals surface area contributed by atoms with Gasteiger partial charge in [-0.1, -0.05) is 24.9 Å². The van der Waals surface area contributed by atoms with Gasteiger partial charge in [0, 0.05) is 13.7 Å². The number of oxime groups is 1. The molecule has 6 heteroatoms. The zero-order valence-corrected chi connectivity index (χ0v) is 11.1. The van der Waals surface area contributed by atoms with E-state index in [4.69, 9.17) is 15.7 Å². The van der Waals surface area contributed by atoms with Crippen molar-refractivity contribution in [1.29, 1.82) is 0 Å². The second-order valence-electron chi connectivity index (χ2n) is 5.04. The van der Waals surface area contributed by atoms with Crippen LogP contribution in [0.2, 0.25) is 0 Å². The third-order valence-corrected chi connectivity index (χ3v) is 3.55. The maximum atomic E-state index is 12.3. The van der Waals surface area contributed by atoms with Gasteiger partial charge in [0.05, 0.1) is 6.61 Å². The summed E-state index contributed by atoms with van der Waals surface area (Å²) in [5.74, 6) is 0.125. The zero-order chi connectivity index (χ0) is 13.6. The van der Waals surface area contributed by atoms with E-state index in [9.17, 15) is 4.79 Å². The molecule has 1 unspecified atom stereocenters. The van der Waals surface area contributed by atoms with E-state index in [1.807, 2.05) is 6.92 Å². The predicted octanol–water partition coefficient (Wildman–Crippen LogP) is 0.692. The van der Waals surface area contributed by atoms with Crippen LogP contribution in [0.4, 0.5) is 0 Å². The average molecular weight is 257 g/mol. The first-order valence-electron chi connectivity index (χ1n) is 6.32. The van der Waals surface area contributed by atoms with Gasteiger partial charge in [-0.3, -0.25) is 4.79 Å². The van der Waals surface area contributed by atoms with Gasteiger partial charge in [-0.2, -0.15) is 0 Å². The van der Waals surface area contributed by atoms with Crippen LogP contribution in [0.5, 0.6) is 0 Å². The van der Waals surface area contributed by atoms with Crippen LogP contribution in [0.3, 0.4) is 0 Å². The van der Waals surface area contributed by atoms with Crippen molar-refractivity contribution in [2.75, 3.05) is 20.3 Å². The molecule has 1 fully saturated rings. The highest BCUT2D eigenvalue weighted by molar-refractivity contribution is 6.07. The first kappa shape index (κ1) is 14.8. The molecule has 0 heterocycles. The van der Waals surface area contributed by atoms with Gasteiger partial charge in [-0.15, -0.1) is 0 Å². The van der Waals surface area contributed by atoms with Crippen LogP contribution in [-0.2, 0) is 9.53 Å². The molecule has 0 spiro atoms. The summed E-state index contributed by atoms with van der Waals surface area (Å²) in [6, 6.07) is 0. The third kappa shape index (κ3) is 3.13. The van der Waals surface area contributed by atoms with E-state index in [1.165, 1.54) is 0 Å². The Morgan fingerprint density at radius 2 is 2.17 bits per heavy atom. The van der Waals surface area contributed by atoms with Gasteiger partial charge in [0.15, 0.2) is 5.84 Å². The van der Waals surface area contributed by atoms with Crippen LogP contribution in [0.25, 0.3) is 0 Å². The number of amidine groups is 1. The van der Waals surface area contributed by atoms with Crippen molar-refractivity contribution in [3.63, 3.8) is 0 Å². The van der Waals surface area contributed by atoms with Gasteiger partial charge in [-0.25, -0.2) is 0 Å². The topological polar surface area (TPSA) is 96.9 Å². The minimum absolute atomic E-state index is 0.0249. The van der Waals surface area contributed by atoms with Gasteiger partial charge < -0.3 is 21.0 Å². The molecule has 1 aliphatic rings. The molecule has 0 saturated heterocycles. The van der Waals surface area contributed by atoms with Crippen molar-refractivity contribution in [1.82, 2.24) is 5.32 Å². The van der Waals surface area contributed by atoms with E-state index >= 15 is 0 Å². The maximum absolute atomic E-state index is 12.3. The molecule has 0 aliphatic heterocycles. The molecule has 1 saturated carbocycles. The molecule has 1 atom stereocenters. The molecule has 4 N–H and O–H groups in total. The normalized spacial score (nSPS) is 20.7. The summed E-state index contributed by atoms with van der Waals surface area (Å²) in [5, 5.41) is 14.7. The van der Waals surface area contributed by atoms with Gasteiger partial charge in [0.2, 0.25) is 5.91 Å². The van der Waals surface area contributed by atoms with Crippen molar-refractivity contribution in [2.24, 2.45) is 22.2 Å². The Morgan fingerprint density at radius 1 is 1.56 bits per heavy atom. The first-order chi connectivity index (χ1) is 8.56. The molecule has 0 aromatic heterocycles. The number of carbonyl (C=O) groups excluding carboxylic acids is 1. The molecule has 6 nitrogen and oxygen atoms in total. The Balaban J connectivity index is 2.62. The summed E-state index contributed by atoms with van der Waals surface area (Å²) in [7, 11) is 1.63. The molecular weight excluding hydrogens is 234 g/mol. The number of amides is 1. The molecule has 1 rings (SSSR count). The summed E-state index contributed by atoms with van der Waals surface area (Å²) < 4.78 is 5.02. The monoisotopic (exact) mass is 257 g/mol. The lowest BCUT2D eigenvalue weighted by molar-refractivity contribution is -0.127. The van der Waals surface area contributed by atoms with Crippen LogP contribution >= 0.6 is 0 Å². The standard InChI is InChI=1S/C12H23N3O3/c1-9(8-18-2)7-14-11(16)12(10(13)15-17)5-3-4-6-12/h9,17H,3-8H2,1-2H3,(H2,13,15)(H,14,16). The second-order valence-corrected chi connectivity index (χ2v) is 5.04. The largest absolute Gasteiger partial charge is 0.409 e. The Morgan fingerprint density at radius 3 is 2.67 bits per heavy atom. The fourth-order valence-corrected chi connectivity index (χ4v) is 2.45. The lowest BCUT2D eigenvalue weighted by Gasteiger charge is -2.26. The number of hydrogen-bond acceptors (Lipinski definition) is 4. The Bertz CT molecular complexity index is 312. The molecule has 18 heavy (non-hydrogen) atoms. The zero-order valence-electron chi connectivity index (χ0n) is 11.1. The SMILES string of the molecule is COCC(C)CNC(=O)C1(C(N)=NO)CCCC1. The maximum Gasteiger partial charge on any atom is 0.233 e. The number of nitrogens with two attached hydrogens (primary N) is 1. The van der Waals surface area contributed by atoms with E-state index in [-0.39, 0.29) is 17.7 Å². The van der Waals surface area contributed by atoms with Crippen LogP contribution in [0, 0.1) is 11.3 Å². The highest BCUT2D eigenvalue weighted by Gasteiger charge is 2.45. The summed E-state index contributed by atoms with van der Waals surface area (Å²) in [4.78, 5) is 12.3. The minimum Gasteiger partial charge on any atom is -0.409 e. The fourth-order valence-electron chi connectivity index (χ4n) is 2.45. The molecule has 0 radical (unpaired) electrons. The highest BCUT2D eigenvalue weighted by atomic mass is 16.5. The van der Waals surface area contributed by atoms with Gasteiger partial charge in [0.1, 0.15) is 5.41 Å². The summed E-state index contributed by atoms with van der Waals surface area (Å²) in [5.41, 5.74) is 4.88. The second kappa shape index (κ2) is 6.58. The number of nitrogens with one attached hydrogen (secondary N) is 1. The Kier molecular flexibility index (Phi) is 5.40. The van der Waals surface area contributed by atoms with E-state index in [0.717, 1.165) is 12.8 Å². The Labute approximate surface area is 108 Å². The molecule has 104 valence electrons. The van der Waals surface area contributed by atoms with Gasteiger partial charge >= 0.3 is 0 Å². The molecule has 0 aromatic carbocycles. The number of nitrogens with zero attached hydrogens (tertiary/aromatic N) is 1. The van der Waals surface area contributed by atoms with Crippen molar-refractivity contribution >= 4 is 11.7 Å². The van der Waals surface area contributed by atoms with Crippen molar-refractivity contribution in [2.45, 2.75) is 32.6 Å². The lowest BCUT2D eigenvalue weighted by atomic mass is 9.83. The van der Waals surface area contributed by atoms with Crippen molar-refractivity contribution in [3.05, 3.63) is 0 Å². The van der Waals surface area contributed by atoms with Crippen LogP contribution in [0.1, 0.15) is 32.6 Å². The third-order valence-electron chi connectivity index (χ3n) is 3.55. The van der Waals surface area contributed by atoms with Crippen LogP contribution < -0.4 is 11.1 Å². The fraction of sp³-hybridized carbons (Fsp3) is 0.833.